The quantitative estimate of drug-likeness (QED) is 0.724. The number of aryl methyl sites for hydroxylation is 1. The highest BCUT2D eigenvalue weighted by Crippen LogP contribution is 2.10. The van der Waals surface area contributed by atoms with Crippen LogP contribution in [0.25, 0.3) is 5.78 Å². The van der Waals surface area contributed by atoms with Crippen LogP contribution in [-0.2, 0) is 6.42 Å². The second-order valence-electron chi connectivity index (χ2n) is 3.65. The molecule has 86 valence electrons. The van der Waals surface area contributed by atoms with Crippen LogP contribution in [0.5, 0.6) is 0 Å². The van der Waals surface area contributed by atoms with Gasteiger partial charge >= 0.3 is 0 Å². The first-order valence-corrected chi connectivity index (χ1v) is 5.35. The summed E-state index contributed by atoms with van der Waals surface area (Å²) in [6.45, 7) is 2.15. The van der Waals surface area contributed by atoms with Crippen LogP contribution in [0.2, 0.25) is 0 Å². The Morgan fingerprint density at radius 1 is 1.12 bits per heavy atom. The van der Waals surface area contributed by atoms with Gasteiger partial charge < -0.3 is 11.5 Å². The fourth-order valence-electron chi connectivity index (χ4n) is 1.60. The zero-order chi connectivity index (χ0) is 11.5. The van der Waals surface area contributed by atoms with E-state index in [1.54, 1.807) is 4.40 Å². The van der Waals surface area contributed by atoms with E-state index < -0.39 is 0 Å². The topological polar surface area (TPSA) is 108 Å². The van der Waals surface area contributed by atoms with Crippen LogP contribution in [0, 0.1) is 0 Å². The van der Waals surface area contributed by atoms with Gasteiger partial charge in [-0.25, -0.2) is 4.40 Å². The van der Waals surface area contributed by atoms with Gasteiger partial charge in [-0.15, -0.1) is 10.2 Å². The molecule has 0 radical (unpaired) electrons. The van der Waals surface area contributed by atoms with E-state index in [0.29, 0.717) is 11.7 Å². The molecule has 0 aliphatic rings. The molecule has 0 saturated heterocycles. The maximum atomic E-state index is 5.76. The Morgan fingerprint density at radius 3 is 2.69 bits per heavy atom. The van der Waals surface area contributed by atoms with Gasteiger partial charge in [0.25, 0.3) is 5.78 Å². The molecule has 7 nitrogen and oxygen atoms in total. The zero-order valence-corrected chi connectivity index (χ0v) is 9.22. The normalized spacial score (nSPS) is 11.1. The Bertz CT molecular complexity index is 490. The largest absolute Gasteiger partial charge is 0.369 e. The van der Waals surface area contributed by atoms with Crippen LogP contribution in [0.1, 0.15) is 32.0 Å². The van der Waals surface area contributed by atoms with E-state index in [-0.39, 0.29) is 5.95 Å². The van der Waals surface area contributed by atoms with Crippen molar-refractivity contribution in [1.82, 2.24) is 24.6 Å². The van der Waals surface area contributed by atoms with Gasteiger partial charge in [0, 0.05) is 6.42 Å². The summed E-state index contributed by atoms with van der Waals surface area (Å²) in [6, 6.07) is 0. The molecule has 2 aromatic heterocycles. The van der Waals surface area contributed by atoms with Gasteiger partial charge in [0.05, 0.1) is 0 Å². The standard InChI is InChI=1S/C9H15N7/c1-2-3-4-5-6-14-15-9-13-7(10)12-8(11)16(6)9/h2-5H2,1H3,(H4,10,11,12,13,15). The van der Waals surface area contributed by atoms with E-state index in [9.17, 15) is 0 Å². The van der Waals surface area contributed by atoms with E-state index in [1.165, 1.54) is 0 Å². The lowest BCUT2D eigenvalue weighted by atomic mass is 10.2. The number of nitrogens with zero attached hydrogens (tertiary/aromatic N) is 5. The summed E-state index contributed by atoms with van der Waals surface area (Å²) in [5.41, 5.74) is 11.2. The van der Waals surface area contributed by atoms with Gasteiger partial charge in [0.2, 0.25) is 11.9 Å². The number of fused-ring (bicyclic) bond motifs is 1. The lowest BCUT2D eigenvalue weighted by molar-refractivity contribution is 0.688. The van der Waals surface area contributed by atoms with Crippen LogP contribution >= 0.6 is 0 Å². The number of nitrogens with two attached hydrogens (primary N) is 2. The summed E-state index contributed by atoms with van der Waals surface area (Å²) >= 11 is 0. The molecule has 0 spiro atoms. The zero-order valence-electron chi connectivity index (χ0n) is 9.22. The van der Waals surface area contributed by atoms with Crippen molar-refractivity contribution in [3.05, 3.63) is 5.82 Å². The van der Waals surface area contributed by atoms with Crippen LogP contribution < -0.4 is 11.5 Å². The number of aromatic nitrogens is 5. The van der Waals surface area contributed by atoms with E-state index in [2.05, 4.69) is 27.1 Å². The minimum atomic E-state index is 0.123. The van der Waals surface area contributed by atoms with E-state index in [1.807, 2.05) is 0 Å². The summed E-state index contributed by atoms with van der Waals surface area (Å²) in [4.78, 5) is 7.85. The molecule has 16 heavy (non-hydrogen) atoms. The van der Waals surface area contributed by atoms with Crippen molar-refractivity contribution in [2.45, 2.75) is 32.6 Å². The second-order valence-corrected chi connectivity index (χ2v) is 3.65. The van der Waals surface area contributed by atoms with Crippen molar-refractivity contribution in [2.24, 2.45) is 0 Å². The fraction of sp³-hybridized carbons (Fsp3) is 0.556. The molecular weight excluding hydrogens is 206 g/mol. The predicted molar refractivity (Wildman–Crippen MR) is 60.6 cm³/mol. The fourth-order valence-corrected chi connectivity index (χ4v) is 1.60. The van der Waals surface area contributed by atoms with Crippen LogP contribution in [0.4, 0.5) is 11.9 Å². The molecule has 0 aromatic carbocycles. The molecule has 0 bridgehead atoms. The lowest BCUT2D eigenvalue weighted by Crippen LogP contribution is -2.08. The summed E-state index contributed by atoms with van der Waals surface area (Å²) in [5, 5.41) is 7.96. The highest BCUT2D eigenvalue weighted by atomic mass is 15.3. The van der Waals surface area contributed by atoms with Crippen LogP contribution in [0.15, 0.2) is 0 Å². The summed E-state index contributed by atoms with van der Waals surface area (Å²) in [6.07, 6.45) is 4.20. The first-order chi connectivity index (χ1) is 7.72. The molecule has 4 N–H and O–H groups in total. The number of nitrogen functional groups attached to an aromatic ring is 2. The number of unbranched alkanes of at least 4 members (excludes halogenated alkanes) is 2. The smallest absolute Gasteiger partial charge is 0.261 e. The monoisotopic (exact) mass is 221 g/mol. The van der Waals surface area contributed by atoms with Crippen LogP contribution in [0.3, 0.4) is 0 Å². The highest BCUT2D eigenvalue weighted by Gasteiger charge is 2.10. The van der Waals surface area contributed by atoms with Crippen molar-refractivity contribution in [3.63, 3.8) is 0 Å². The maximum absolute atomic E-state index is 5.76. The Morgan fingerprint density at radius 2 is 1.94 bits per heavy atom. The van der Waals surface area contributed by atoms with Gasteiger partial charge in [-0.3, -0.25) is 0 Å². The third-order valence-corrected chi connectivity index (χ3v) is 2.39. The molecule has 2 rings (SSSR count). The predicted octanol–water partition coefficient (Wildman–Crippen LogP) is 0.416. The molecule has 0 saturated carbocycles. The van der Waals surface area contributed by atoms with E-state index >= 15 is 0 Å². The molecule has 7 heteroatoms. The van der Waals surface area contributed by atoms with Crippen molar-refractivity contribution in [3.8, 4) is 0 Å². The summed E-state index contributed by atoms with van der Waals surface area (Å²) < 4.78 is 1.64. The Labute approximate surface area is 92.9 Å². The average molecular weight is 221 g/mol. The SMILES string of the molecule is CCCCCc1nnc2nc(N)nc(N)n12. The van der Waals surface area contributed by atoms with Gasteiger partial charge in [-0.2, -0.15) is 9.97 Å². The molecule has 0 amide bonds. The van der Waals surface area contributed by atoms with Gasteiger partial charge in [-0.05, 0) is 6.42 Å². The molecule has 0 fully saturated rings. The minimum absolute atomic E-state index is 0.123. The van der Waals surface area contributed by atoms with Crippen molar-refractivity contribution >= 4 is 17.7 Å². The minimum Gasteiger partial charge on any atom is -0.369 e. The molecular formula is C9H15N7. The third-order valence-electron chi connectivity index (χ3n) is 2.39. The highest BCUT2D eigenvalue weighted by molar-refractivity contribution is 5.41. The van der Waals surface area contributed by atoms with Crippen molar-refractivity contribution in [1.29, 1.82) is 0 Å². The number of rotatable bonds is 4. The molecule has 0 atom stereocenters. The Balaban J connectivity index is 2.33. The Hall–Kier alpha value is -1.92. The summed E-state index contributed by atoms with van der Waals surface area (Å²) in [5.74, 6) is 1.62. The molecule has 0 aliphatic carbocycles. The molecule has 2 aromatic rings. The molecule has 2 heterocycles. The van der Waals surface area contributed by atoms with Gasteiger partial charge in [-0.1, -0.05) is 19.8 Å². The number of hydrogen-bond donors (Lipinski definition) is 2. The summed E-state index contributed by atoms with van der Waals surface area (Å²) in [7, 11) is 0. The molecule has 0 unspecified atom stereocenters. The van der Waals surface area contributed by atoms with Crippen molar-refractivity contribution in [2.75, 3.05) is 11.5 Å². The second kappa shape index (κ2) is 4.30. The first kappa shape index (κ1) is 10.6. The van der Waals surface area contributed by atoms with E-state index in [4.69, 9.17) is 11.5 Å². The molecule has 0 aliphatic heterocycles. The van der Waals surface area contributed by atoms with Gasteiger partial charge in [0.15, 0.2) is 0 Å². The maximum Gasteiger partial charge on any atom is 0.261 e. The van der Waals surface area contributed by atoms with Gasteiger partial charge in [0.1, 0.15) is 5.82 Å². The Kier molecular flexibility index (Phi) is 2.84. The first-order valence-electron chi connectivity index (χ1n) is 5.35. The van der Waals surface area contributed by atoms with Crippen molar-refractivity contribution < 1.29 is 0 Å². The third kappa shape index (κ3) is 1.88. The number of hydrogen-bond acceptors (Lipinski definition) is 6. The number of anilines is 2. The van der Waals surface area contributed by atoms with E-state index in [0.717, 1.165) is 31.5 Å². The average Bonchev–Trinajstić information content (AvgIpc) is 2.62. The lowest BCUT2D eigenvalue weighted by Gasteiger charge is -2.02. The van der Waals surface area contributed by atoms with Crippen LogP contribution in [-0.4, -0.2) is 24.6 Å².